The largest absolute Gasteiger partial charge is 1.00 e. The number of Topliss-reactive ketones (excluding diaryl/α,β-unsaturated/α-hetero) is 1. The maximum Gasteiger partial charge on any atom is 1.00 e. The Balaban J connectivity index is -0.0000000643. The van der Waals surface area contributed by atoms with Gasteiger partial charge in [0.1, 0.15) is 25.1 Å². The second kappa shape index (κ2) is 56.1. The Labute approximate surface area is 350 Å². The number of aliphatic hydroxyl groups is 2. The standard InChI is InChI=1S/3C7H10O.C4H8O.C4H6O.C4H9.C3H5Br.2ClH.Li.Na.Pt.H/c1-7-3-5(7)2-6(8)4-7;1-3-5-7-8-6-4-2;1-3-5-7(8)6-4-2;1-2-4-5-3-1;1-2-3-4-5;1-3-4-2;1-2-3-4;;;;;;/h5H,2-4H2,1H3;4H,2,6-7H2,1H3;3,7-8H,1,5H2,2H3;1-4H2;5H,4H2,1H3;1,3-4H2,2H3;2H,1,3H2;2*1H;;;;/q;;;;;-1;;;;2*+1;+2;-1/p-2. The van der Waals surface area contributed by atoms with Gasteiger partial charge in [-0.05, 0) is 51.4 Å². The summed E-state index contributed by atoms with van der Waals surface area (Å²) in [5.41, 5.74) is 0.483. The van der Waals surface area contributed by atoms with Crippen LogP contribution in [0.4, 0.5) is 0 Å². The fourth-order valence-corrected chi connectivity index (χ4v) is 3.07. The van der Waals surface area contributed by atoms with Crippen molar-refractivity contribution in [3.63, 3.8) is 0 Å². The first-order chi connectivity index (χ1) is 21.6. The zero-order chi connectivity index (χ0) is 35.6. The summed E-state index contributed by atoms with van der Waals surface area (Å²) in [6.45, 7) is 26.6. The molecule has 0 aromatic carbocycles. The molecule has 1 heterocycles. The van der Waals surface area contributed by atoms with Crippen LogP contribution in [0.25, 0.3) is 0 Å². The maximum absolute atomic E-state index is 10.7. The molecule has 0 spiro atoms. The van der Waals surface area contributed by atoms with Gasteiger partial charge in [-0.25, -0.2) is 0 Å². The quantitative estimate of drug-likeness (QED) is 0.103. The molecule has 0 radical (unpaired) electrons. The smallest absolute Gasteiger partial charge is 1.00 e. The molecule has 266 valence electrons. The first-order valence-electron chi connectivity index (χ1n) is 14.8. The van der Waals surface area contributed by atoms with Crippen molar-refractivity contribution >= 4 is 40.5 Å². The van der Waals surface area contributed by atoms with Crippen LogP contribution in [0, 0.1) is 53.8 Å². The van der Waals surface area contributed by atoms with Gasteiger partial charge in [-0.1, -0.05) is 72.2 Å². The molecule has 2 aliphatic carbocycles. The van der Waals surface area contributed by atoms with Crippen LogP contribution in [-0.4, -0.2) is 60.5 Å². The molecule has 0 amide bonds. The van der Waals surface area contributed by atoms with Gasteiger partial charge in [0, 0.05) is 37.8 Å². The third-order valence-corrected chi connectivity index (χ3v) is 5.90. The summed E-state index contributed by atoms with van der Waals surface area (Å²) in [5, 5.41) is 17.6. The van der Waals surface area contributed by atoms with E-state index in [0.29, 0.717) is 30.8 Å². The van der Waals surface area contributed by atoms with Crippen molar-refractivity contribution in [2.75, 3.05) is 38.4 Å². The summed E-state index contributed by atoms with van der Waals surface area (Å²) < 4.78 is 9.88. The van der Waals surface area contributed by atoms with Crippen molar-refractivity contribution < 1.29 is 90.8 Å². The maximum atomic E-state index is 10.7. The van der Waals surface area contributed by atoms with E-state index in [4.69, 9.17) is 38.5 Å². The SMILES string of the molecule is C1CCOC1.C=CCBr.C=CCC(O)C#CC.C=CCOCC#CC.CC#CCO.CC12CC(=O)CC1C2.[CH2-]CCC.[Cl][Pt][Cl].[H-].[Li+].[Na+]. The number of rotatable bonds is 7. The molecule has 11 heteroatoms. The third-order valence-electron chi connectivity index (χ3n) is 5.45. The number of aliphatic hydroxyl groups excluding tert-OH is 2. The summed E-state index contributed by atoms with van der Waals surface area (Å²) in [5.74, 6) is 16.9. The van der Waals surface area contributed by atoms with Crippen molar-refractivity contribution in [2.24, 2.45) is 11.3 Å². The molecular formula is C36H59BrCl2LiNaO5Pt. The van der Waals surface area contributed by atoms with E-state index in [1.165, 1.54) is 25.7 Å². The van der Waals surface area contributed by atoms with Gasteiger partial charge in [-0.3, -0.25) is 4.79 Å². The Bertz CT molecular complexity index is 875. The van der Waals surface area contributed by atoms with Gasteiger partial charge < -0.3 is 28.0 Å². The van der Waals surface area contributed by atoms with Crippen LogP contribution in [0.1, 0.15) is 87.4 Å². The molecule has 3 atom stereocenters. The molecule has 3 unspecified atom stereocenters. The van der Waals surface area contributed by atoms with E-state index in [9.17, 15) is 4.79 Å². The van der Waals surface area contributed by atoms with Crippen LogP contribution in [0.5, 0.6) is 0 Å². The minimum absolute atomic E-state index is 0. The molecule has 1 aliphatic heterocycles. The van der Waals surface area contributed by atoms with E-state index < -0.39 is 22.6 Å². The average Bonchev–Trinajstić information content (AvgIpc) is 3.38. The fourth-order valence-electron chi connectivity index (χ4n) is 3.07. The van der Waals surface area contributed by atoms with Crippen molar-refractivity contribution in [1.29, 1.82) is 0 Å². The summed E-state index contributed by atoms with van der Waals surface area (Å²) in [6, 6.07) is 0. The molecule has 5 nitrogen and oxygen atoms in total. The molecule has 3 rings (SSSR count). The minimum atomic E-state index is -0.516. The van der Waals surface area contributed by atoms with E-state index >= 15 is 0 Å². The third kappa shape index (κ3) is 62.4. The monoisotopic (exact) mass is 945 g/mol. The predicted molar refractivity (Wildman–Crippen MR) is 197 cm³/mol. The van der Waals surface area contributed by atoms with E-state index in [0.717, 1.165) is 43.7 Å². The van der Waals surface area contributed by atoms with Crippen molar-refractivity contribution in [3.05, 3.63) is 44.9 Å². The molecule has 1 saturated heterocycles. The molecule has 0 aromatic rings. The number of ether oxygens (including phenoxy) is 2. The average molecular weight is 948 g/mol. The summed E-state index contributed by atoms with van der Waals surface area (Å²) in [6.07, 6.45) is 13.1. The zero-order valence-electron chi connectivity index (χ0n) is 31.2. The first-order valence-corrected chi connectivity index (χ1v) is 21.5. The Kier molecular flexibility index (Phi) is 75.1. The van der Waals surface area contributed by atoms with Crippen LogP contribution >= 0.6 is 34.8 Å². The van der Waals surface area contributed by atoms with Crippen LogP contribution < -0.4 is 48.4 Å². The van der Waals surface area contributed by atoms with Crippen LogP contribution in [0.3, 0.4) is 0 Å². The van der Waals surface area contributed by atoms with Gasteiger partial charge in [0.2, 0.25) is 0 Å². The van der Waals surface area contributed by atoms with Gasteiger partial charge in [0.25, 0.3) is 0 Å². The van der Waals surface area contributed by atoms with E-state index in [1.54, 1.807) is 39.0 Å². The number of halogens is 3. The second-order valence-electron chi connectivity index (χ2n) is 9.39. The Morgan fingerprint density at radius 2 is 1.66 bits per heavy atom. The van der Waals surface area contributed by atoms with Gasteiger partial charge >= 0.3 is 83.7 Å². The predicted octanol–water partition coefficient (Wildman–Crippen LogP) is 3.02. The van der Waals surface area contributed by atoms with Gasteiger partial charge in [-0.2, -0.15) is 6.42 Å². The van der Waals surface area contributed by atoms with Crippen LogP contribution in [0.15, 0.2) is 38.0 Å². The van der Waals surface area contributed by atoms with Gasteiger partial charge in [0.15, 0.2) is 0 Å². The summed E-state index contributed by atoms with van der Waals surface area (Å²) in [4.78, 5) is 10.7. The minimum Gasteiger partial charge on any atom is -1.00 e. The van der Waals surface area contributed by atoms with E-state index in [2.05, 4.69) is 92.0 Å². The Hall–Kier alpha value is 0.756. The van der Waals surface area contributed by atoms with E-state index in [1.807, 2.05) is 0 Å². The van der Waals surface area contributed by atoms with Crippen LogP contribution in [0.2, 0.25) is 0 Å². The topological polar surface area (TPSA) is 76.0 Å². The fraction of sp³-hybridized carbons (Fsp3) is 0.611. The number of hydrogen-bond donors (Lipinski definition) is 2. The normalized spacial score (nSPS) is 16.7. The molecule has 3 aliphatic rings. The number of hydrogen-bond acceptors (Lipinski definition) is 5. The zero-order valence-corrected chi connectivity index (χ0v) is 37.6. The Morgan fingerprint density at radius 3 is 1.87 bits per heavy atom. The van der Waals surface area contributed by atoms with Gasteiger partial charge in [0.05, 0.1) is 6.61 Å². The van der Waals surface area contributed by atoms with Crippen LogP contribution in [-0.2, 0) is 30.7 Å². The molecular weight excluding hydrogens is 888 g/mol. The van der Waals surface area contributed by atoms with Crippen molar-refractivity contribution in [3.8, 4) is 35.5 Å². The number of ketones is 1. The number of unbranched alkanes of at least 4 members (excludes halogenated alkanes) is 1. The van der Waals surface area contributed by atoms with Gasteiger partial charge in [-0.15, -0.1) is 37.5 Å². The number of allylic oxidation sites excluding steroid dienone is 1. The Morgan fingerprint density at radius 1 is 1.15 bits per heavy atom. The molecule has 0 bridgehead atoms. The summed E-state index contributed by atoms with van der Waals surface area (Å²) >= 11 is 2.66. The van der Waals surface area contributed by atoms with Crippen molar-refractivity contribution in [1.82, 2.24) is 0 Å². The molecule has 3 fully saturated rings. The number of alkyl halides is 1. The first kappa shape index (κ1) is 62.9. The van der Waals surface area contributed by atoms with Crippen molar-refractivity contribution in [2.45, 2.75) is 92.1 Å². The second-order valence-corrected chi connectivity index (χ2v) is 13.3. The van der Waals surface area contributed by atoms with E-state index in [-0.39, 0.29) is 56.5 Å². The number of carbonyl (C=O) groups is 1. The molecule has 0 aromatic heterocycles. The summed E-state index contributed by atoms with van der Waals surface area (Å²) in [7, 11) is 9.75. The number of fused-ring (bicyclic) bond motifs is 1. The molecule has 2 saturated carbocycles. The number of carbonyl (C=O) groups excluding carboxylic acids is 1. The molecule has 2 N–H and O–H groups in total. The molecule has 47 heavy (non-hydrogen) atoms.